The van der Waals surface area contributed by atoms with Gasteiger partial charge in [0.1, 0.15) is 11.5 Å². The van der Waals surface area contributed by atoms with E-state index in [9.17, 15) is 4.79 Å². The van der Waals surface area contributed by atoms with E-state index in [1.54, 1.807) is 38.1 Å². The average Bonchev–Trinajstić information content (AvgIpc) is 3.00. The Morgan fingerprint density at radius 1 is 0.692 bits per heavy atom. The summed E-state index contributed by atoms with van der Waals surface area (Å²) < 4.78 is 15.6. The van der Waals surface area contributed by atoms with E-state index in [4.69, 9.17) is 19.2 Å². The summed E-state index contributed by atoms with van der Waals surface area (Å²) in [4.78, 5) is 19.3. The molecular weight excluding hydrogens is 508 g/mol. The first-order valence-corrected chi connectivity index (χ1v) is 13.5. The molecule has 0 aliphatic heterocycles. The van der Waals surface area contributed by atoms with Crippen molar-refractivity contribution in [2.24, 2.45) is 4.99 Å². The molecule has 4 rings (SSSR count). The number of aliphatic imine (C=N–C) groups is 1. The predicted molar refractivity (Wildman–Crippen MR) is 158 cm³/mol. The Morgan fingerprint density at radius 2 is 1.23 bits per heavy atom. The third kappa shape index (κ3) is 8.12. The van der Waals surface area contributed by atoms with E-state index < -0.39 is 0 Å². The first-order valence-electron chi connectivity index (χ1n) is 12.5. The van der Waals surface area contributed by atoms with Crippen molar-refractivity contribution in [3.8, 4) is 11.5 Å². The molecule has 0 bridgehead atoms. The van der Waals surface area contributed by atoms with Gasteiger partial charge in [-0.1, -0.05) is 66.4 Å². The Kier molecular flexibility index (Phi) is 10.0. The van der Waals surface area contributed by atoms with Gasteiger partial charge < -0.3 is 19.1 Å². The number of methoxy groups -OCH3 is 3. The highest BCUT2D eigenvalue weighted by atomic mass is 32.2. The van der Waals surface area contributed by atoms with Gasteiger partial charge in [-0.05, 0) is 65.2 Å². The van der Waals surface area contributed by atoms with Gasteiger partial charge in [-0.25, -0.2) is 9.79 Å². The lowest BCUT2D eigenvalue weighted by Crippen LogP contribution is -2.28. The molecule has 0 radical (unpaired) electrons. The van der Waals surface area contributed by atoms with Gasteiger partial charge in [-0.2, -0.15) is 0 Å². The van der Waals surface area contributed by atoms with Crippen molar-refractivity contribution >= 4 is 28.6 Å². The van der Waals surface area contributed by atoms with Crippen LogP contribution >= 0.6 is 11.8 Å². The lowest BCUT2D eigenvalue weighted by Gasteiger charge is -2.26. The van der Waals surface area contributed by atoms with E-state index >= 15 is 0 Å². The second-order valence-electron chi connectivity index (χ2n) is 8.76. The predicted octanol–water partition coefficient (Wildman–Crippen LogP) is 7.11. The van der Waals surface area contributed by atoms with Crippen LogP contribution in [0.1, 0.15) is 27.0 Å². The summed E-state index contributed by atoms with van der Waals surface area (Å²) >= 11 is 1.68. The molecule has 0 aliphatic carbocycles. The number of thioether (sulfide) groups is 1. The Labute approximate surface area is 234 Å². The van der Waals surface area contributed by atoms with Crippen LogP contribution < -0.4 is 9.47 Å². The van der Waals surface area contributed by atoms with Gasteiger partial charge in [-0.3, -0.25) is 0 Å². The molecule has 0 aliphatic rings. The smallest absolute Gasteiger partial charge is 0.337 e. The molecule has 7 heteroatoms. The molecule has 0 amide bonds. The highest BCUT2D eigenvalue weighted by molar-refractivity contribution is 8.13. The zero-order valence-corrected chi connectivity index (χ0v) is 23.2. The number of carbonyl (C=O) groups excluding carboxylic acids is 1. The van der Waals surface area contributed by atoms with Crippen molar-refractivity contribution in [1.29, 1.82) is 0 Å². The number of carbonyl (C=O) groups is 1. The molecule has 200 valence electrons. The number of rotatable bonds is 10. The van der Waals surface area contributed by atoms with E-state index in [2.05, 4.69) is 41.3 Å². The molecule has 0 saturated heterocycles. The molecule has 0 atom stereocenters. The number of hydrogen-bond acceptors (Lipinski definition) is 6. The first kappa shape index (κ1) is 27.8. The van der Waals surface area contributed by atoms with Crippen molar-refractivity contribution < 1.29 is 19.0 Å². The maximum absolute atomic E-state index is 11.9. The summed E-state index contributed by atoms with van der Waals surface area (Å²) in [5.74, 6) is 2.03. The zero-order valence-electron chi connectivity index (χ0n) is 22.4. The van der Waals surface area contributed by atoms with Crippen molar-refractivity contribution in [1.82, 2.24) is 4.90 Å². The molecule has 4 aromatic carbocycles. The number of benzene rings is 4. The van der Waals surface area contributed by atoms with Gasteiger partial charge in [0, 0.05) is 18.8 Å². The molecule has 0 fully saturated rings. The molecule has 4 aromatic rings. The highest BCUT2D eigenvalue weighted by Crippen LogP contribution is 2.26. The Morgan fingerprint density at radius 3 is 1.72 bits per heavy atom. The third-order valence-electron chi connectivity index (χ3n) is 6.06. The quantitative estimate of drug-likeness (QED) is 0.121. The van der Waals surface area contributed by atoms with E-state index in [0.717, 1.165) is 39.2 Å². The molecule has 0 spiro atoms. The molecule has 6 nitrogen and oxygen atoms in total. The fourth-order valence-electron chi connectivity index (χ4n) is 3.91. The van der Waals surface area contributed by atoms with Crippen molar-refractivity contribution in [3.63, 3.8) is 0 Å². The summed E-state index contributed by atoms with van der Waals surface area (Å²) in [5.41, 5.74) is 4.73. The van der Waals surface area contributed by atoms with Crippen LogP contribution in [0.3, 0.4) is 0 Å². The van der Waals surface area contributed by atoms with Gasteiger partial charge >= 0.3 is 5.97 Å². The van der Waals surface area contributed by atoms with E-state index in [1.807, 2.05) is 54.6 Å². The minimum Gasteiger partial charge on any atom is -0.497 e. The maximum Gasteiger partial charge on any atom is 0.337 e. The zero-order chi connectivity index (χ0) is 27.5. The minimum atomic E-state index is -0.371. The summed E-state index contributed by atoms with van der Waals surface area (Å²) in [6.45, 7) is 1.30. The number of nitrogens with zero attached hydrogens (tertiary/aromatic N) is 2. The van der Waals surface area contributed by atoms with Crippen molar-refractivity contribution in [2.75, 3.05) is 21.3 Å². The molecule has 39 heavy (non-hydrogen) atoms. The standard InChI is InChI=1S/C32H32N2O4S/c1-36-29-17-9-24(10-18-29)21-34(22-25-11-19-30(37-2)20-12-25)32(39-23-26-7-5-4-6-8-26)33-28-15-13-27(14-16-28)31(35)38-3/h4-20H,21-23H2,1-3H3. The lowest BCUT2D eigenvalue weighted by atomic mass is 10.1. The number of ether oxygens (including phenoxy) is 3. The Balaban J connectivity index is 1.69. The Bertz CT molecular complexity index is 1310. The highest BCUT2D eigenvalue weighted by Gasteiger charge is 2.16. The lowest BCUT2D eigenvalue weighted by molar-refractivity contribution is 0.0600. The minimum absolute atomic E-state index is 0.371. The van der Waals surface area contributed by atoms with Crippen LogP contribution in [0.5, 0.6) is 11.5 Å². The fraction of sp³-hybridized carbons (Fsp3) is 0.188. The van der Waals surface area contributed by atoms with E-state index in [0.29, 0.717) is 18.7 Å². The van der Waals surface area contributed by atoms with Gasteiger partial charge in [-0.15, -0.1) is 0 Å². The second-order valence-corrected chi connectivity index (χ2v) is 9.70. The fourth-order valence-corrected chi connectivity index (χ4v) is 4.88. The Hall–Kier alpha value is -4.23. The largest absolute Gasteiger partial charge is 0.497 e. The van der Waals surface area contributed by atoms with Crippen LogP contribution in [-0.4, -0.2) is 37.4 Å². The number of hydrogen-bond donors (Lipinski definition) is 0. The van der Waals surface area contributed by atoms with Crippen LogP contribution in [0, 0.1) is 0 Å². The van der Waals surface area contributed by atoms with E-state index in [1.165, 1.54) is 12.7 Å². The van der Waals surface area contributed by atoms with Crippen molar-refractivity contribution in [2.45, 2.75) is 18.8 Å². The van der Waals surface area contributed by atoms with Crippen molar-refractivity contribution in [3.05, 3.63) is 125 Å². The summed E-state index contributed by atoms with van der Waals surface area (Å²) in [6, 6.07) is 33.7. The molecule has 0 aromatic heterocycles. The van der Waals surface area contributed by atoms with Gasteiger partial charge in [0.15, 0.2) is 5.17 Å². The molecule has 0 heterocycles. The molecule has 0 N–H and O–H groups in total. The molecule has 0 saturated carbocycles. The second kappa shape index (κ2) is 14.1. The monoisotopic (exact) mass is 540 g/mol. The van der Waals surface area contributed by atoms with Gasteiger partial charge in [0.05, 0.1) is 32.6 Å². The number of esters is 1. The molecular formula is C32H32N2O4S. The summed E-state index contributed by atoms with van der Waals surface area (Å²) in [6.07, 6.45) is 0. The number of amidine groups is 1. The van der Waals surface area contributed by atoms with Crippen LogP contribution in [-0.2, 0) is 23.6 Å². The maximum atomic E-state index is 11.9. The van der Waals surface area contributed by atoms with Crippen LogP contribution in [0.2, 0.25) is 0 Å². The first-order chi connectivity index (χ1) is 19.1. The SMILES string of the molecule is COC(=O)c1ccc(N=C(SCc2ccccc2)N(Cc2ccc(OC)cc2)Cc2ccc(OC)cc2)cc1. The van der Waals surface area contributed by atoms with Crippen LogP contribution in [0.4, 0.5) is 5.69 Å². The van der Waals surface area contributed by atoms with E-state index in [-0.39, 0.29) is 5.97 Å². The van der Waals surface area contributed by atoms with Gasteiger partial charge in [0.2, 0.25) is 0 Å². The molecule has 0 unspecified atom stereocenters. The summed E-state index contributed by atoms with van der Waals surface area (Å²) in [7, 11) is 4.71. The normalized spacial score (nSPS) is 11.1. The van der Waals surface area contributed by atoms with Crippen LogP contribution in [0.25, 0.3) is 0 Å². The third-order valence-corrected chi connectivity index (χ3v) is 7.14. The topological polar surface area (TPSA) is 60.4 Å². The van der Waals surface area contributed by atoms with Crippen LogP contribution in [0.15, 0.2) is 108 Å². The summed E-state index contributed by atoms with van der Waals surface area (Å²) in [5, 5.41) is 0.872. The average molecular weight is 541 g/mol. The van der Waals surface area contributed by atoms with Gasteiger partial charge in [0.25, 0.3) is 0 Å².